The van der Waals surface area contributed by atoms with Crippen molar-refractivity contribution in [3.05, 3.63) is 54.1 Å². The van der Waals surface area contributed by atoms with E-state index < -0.39 is 0 Å². The molecule has 2 unspecified atom stereocenters. The highest BCUT2D eigenvalue weighted by Crippen LogP contribution is 2.41. The van der Waals surface area contributed by atoms with Gasteiger partial charge in [-0.2, -0.15) is 0 Å². The van der Waals surface area contributed by atoms with Crippen molar-refractivity contribution < 1.29 is 9.47 Å². The maximum atomic E-state index is 6.40. The van der Waals surface area contributed by atoms with Crippen molar-refractivity contribution >= 4 is 21.4 Å². The summed E-state index contributed by atoms with van der Waals surface area (Å²) in [4.78, 5) is 1.31. The first kappa shape index (κ1) is 22.0. The van der Waals surface area contributed by atoms with E-state index in [1.165, 1.54) is 71.0 Å². The lowest BCUT2D eigenvalue weighted by Gasteiger charge is -2.37. The molecule has 1 aliphatic heterocycles. The number of ether oxygens (including phenoxy) is 2. The van der Waals surface area contributed by atoms with Crippen LogP contribution >= 0.6 is 11.3 Å². The minimum atomic E-state index is 0.267. The normalized spacial score (nSPS) is 26.3. The van der Waals surface area contributed by atoms with Crippen LogP contribution in [0.4, 0.5) is 0 Å². The predicted molar refractivity (Wildman–Crippen MR) is 136 cm³/mol. The largest absolute Gasteiger partial charge is 0.494 e. The smallest absolute Gasteiger partial charge is 0.120 e. The van der Waals surface area contributed by atoms with Crippen molar-refractivity contribution in [2.24, 2.45) is 17.8 Å². The second-order valence-corrected chi connectivity index (χ2v) is 10.8. The Kier molecular flexibility index (Phi) is 6.85. The zero-order valence-corrected chi connectivity index (χ0v) is 20.3. The zero-order valence-electron chi connectivity index (χ0n) is 19.5. The van der Waals surface area contributed by atoms with Gasteiger partial charge in [-0.25, -0.2) is 0 Å². The molecule has 2 nitrogen and oxygen atoms in total. The Morgan fingerprint density at radius 3 is 2.34 bits per heavy atom. The van der Waals surface area contributed by atoms with Crippen LogP contribution in [0.1, 0.15) is 70.5 Å². The van der Waals surface area contributed by atoms with E-state index in [2.05, 4.69) is 55.5 Å². The Morgan fingerprint density at radius 2 is 1.66 bits per heavy atom. The molecule has 2 fully saturated rings. The molecule has 1 saturated heterocycles. The standard InChI is InChI=1S/C29H36O2S/c1-3-20-5-7-21(8-6-20)25-14-16-27(31-19-25)22-9-11-23(12-10-22)28-17-24-13-15-26(30-4-2)18-29(24)32-28/h9-13,15,17-18,20-21,25,27H,3-8,14,16,19H2,1-2H3. The lowest BCUT2D eigenvalue weighted by atomic mass is 9.73. The van der Waals surface area contributed by atoms with Crippen LogP contribution in [0.15, 0.2) is 48.5 Å². The van der Waals surface area contributed by atoms with Gasteiger partial charge in [-0.1, -0.05) is 50.5 Å². The molecule has 3 aromatic rings. The third-order valence-corrected chi connectivity index (χ3v) is 8.96. The second kappa shape index (κ2) is 9.97. The molecule has 0 spiro atoms. The van der Waals surface area contributed by atoms with Crippen LogP contribution in [-0.2, 0) is 4.74 Å². The molecule has 2 aromatic carbocycles. The van der Waals surface area contributed by atoms with E-state index >= 15 is 0 Å². The minimum Gasteiger partial charge on any atom is -0.494 e. The first-order valence-corrected chi connectivity index (χ1v) is 13.4. The Bertz CT molecular complexity index is 1010. The van der Waals surface area contributed by atoms with Crippen LogP contribution in [0.25, 0.3) is 20.5 Å². The van der Waals surface area contributed by atoms with Gasteiger partial charge in [-0.3, -0.25) is 0 Å². The third-order valence-electron chi connectivity index (χ3n) is 7.82. The van der Waals surface area contributed by atoms with E-state index in [-0.39, 0.29) is 6.10 Å². The summed E-state index contributed by atoms with van der Waals surface area (Å²) >= 11 is 1.84. The van der Waals surface area contributed by atoms with E-state index in [9.17, 15) is 0 Å². The highest BCUT2D eigenvalue weighted by Gasteiger charge is 2.31. The van der Waals surface area contributed by atoms with Gasteiger partial charge >= 0.3 is 0 Å². The number of thiophene rings is 1. The minimum absolute atomic E-state index is 0.267. The fourth-order valence-corrected chi connectivity index (χ4v) is 6.84. The van der Waals surface area contributed by atoms with Gasteiger partial charge in [0.2, 0.25) is 0 Å². The van der Waals surface area contributed by atoms with E-state index in [0.29, 0.717) is 6.61 Å². The van der Waals surface area contributed by atoms with Gasteiger partial charge in [0.25, 0.3) is 0 Å². The maximum absolute atomic E-state index is 6.40. The fourth-order valence-electron chi connectivity index (χ4n) is 5.75. The van der Waals surface area contributed by atoms with Crippen LogP contribution < -0.4 is 4.74 Å². The van der Waals surface area contributed by atoms with E-state index in [1.807, 2.05) is 18.3 Å². The van der Waals surface area contributed by atoms with Gasteiger partial charge in [-0.05, 0) is 91.1 Å². The van der Waals surface area contributed by atoms with Crippen molar-refractivity contribution in [1.29, 1.82) is 0 Å². The molecular formula is C29H36O2S. The summed E-state index contributed by atoms with van der Waals surface area (Å²) in [7, 11) is 0. The molecular weight excluding hydrogens is 412 g/mol. The summed E-state index contributed by atoms with van der Waals surface area (Å²) in [6.45, 7) is 6.03. The molecule has 2 aliphatic rings. The molecule has 0 bridgehead atoms. The molecule has 2 atom stereocenters. The second-order valence-electron chi connectivity index (χ2n) is 9.71. The third kappa shape index (κ3) is 4.75. The number of benzene rings is 2. The molecule has 2 heterocycles. The topological polar surface area (TPSA) is 18.5 Å². The van der Waals surface area contributed by atoms with Gasteiger partial charge in [0, 0.05) is 9.58 Å². The molecule has 32 heavy (non-hydrogen) atoms. The van der Waals surface area contributed by atoms with Crippen molar-refractivity contribution in [3.8, 4) is 16.2 Å². The SMILES string of the molecule is CCOc1ccc2cc(-c3ccc(C4CCC(C5CCC(CC)CC5)CO4)cc3)sc2c1. The van der Waals surface area contributed by atoms with Crippen molar-refractivity contribution in [2.75, 3.05) is 13.2 Å². The van der Waals surface area contributed by atoms with Gasteiger partial charge in [-0.15, -0.1) is 11.3 Å². The monoisotopic (exact) mass is 448 g/mol. The van der Waals surface area contributed by atoms with Gasteiger partial charge in [0.15, 0.2) is 0 Å². The van der Waals surface area contributed by atoms with Crippen molar-refractivity contribution in [3.63, 3.8) is 0 Å². The quantitative estimate of drug-likeness (QED) is 0.375. The molecule has 0 radical (unpaired) electrons. The van der Waals surface area contributed by atoms with Gasteiger partial charge in [0.1, 0.15) is 5.75 Å². The number of rotatable bonds is 6. The lowest BCUT2D eigenvalue weighted by molar-refractivity contribution is -0.0403. The average Bonchev–Trinajstić information content (AvgIpc) is 3.28. The Morgan fingerprint density at radius 1 is 0.875 bits per heavy atom. The first-order valence-electron chi connectivity index (χ1n) is 12.6. The van der Waals surface area contributed by atoms with Crippen LogP contribution in [0, 0.1) is 17.8 Å². The molecule has 170 valence electrons. The summed E-state index contributed by atoms with van der Waals surface area (Å²) in [5.41, 5.74) is 2.62. The highest BCUT2D eigenvalue weighted by atomic mass is 32.1. The highest BCUT2D eigenvalue weighted by molar-refractivity contribution is 7.22. The van der Waals surface area contributed by atoms with E-state index in [4.69, 9.17) is 9.47 Å². The summed E-state index contributed by atoms with van der Waals surface area (Å²) in [5.74, 6) is 3.62. The fraction of sp³-hybridized carbons (Fsp3) is 0.517. The van der Waals surface area contributed by atoms with E-state index in [1.54, 1.807) is 0 Å². The first-order chi connectivity index (χ1) is 15.7. The molecule has 1 aromatic heterocycles. The summed E-state index contributed by atoms with van der Waals surface area (Å²) in [6, 6.07) is 17.8. The molecule has 3 heteroatoms. The summed E-state index contributed by atoms with van der Waals surface area (Å²) < 4.78 is 13.3. The Balaban J connectivity index is 1.20. The van der Waals surface area contributed by atoms with Crippen molar-refractivity contribution in [1.82, 2.24) is 0 Å². The van der Waals surface area contributed by atoms with Crippen LogP contribution in [0.2, 0.25) is 0 Å². The Labute approximate surface area is 197 Å². The van der Waals surface area contributed by atoms with Gasteiger partial charge < -0.3 is 9.47 Å². The Hall–Kier alpha value is -1.84. The van der Waals surface area contributed by atoms with Gasteiger partial charge in [0.05, 0.1) is 19.3 Å². The number of fused-ring (bicyclic) bond motifs is 1. The van der Waals surface area contributed by atoms with Crippen LogP contribution in [0.5, 0.6) is 5.75 Å². The molecule has 1 aliphatic carbocycles. The number of hydrogen-bond donors (Lipinski definition) is 0. The lowest BCUT2D eigenvalue weighted by Crippen LogP contribution is -2.29. The summed E-state index contributed by atoms with van der Waals surface area (Å²) in [5, 5.41) is 1.28. The van der Waals surface area contributed by atoms with Crippen LogP contribution in [0.3, 0.4) is 0 Å². The number of hydrogen-bond acceptors (Lipinski definition) is 3. The van der Waals surface area contributed by atoms with E-state index in [0.717, 1.165) is 30.1 Å². The zero-order chi connectivity index (χ0) is 21.9. The predicted octanol–water partition coefficient (Wildman–Crippen LogP) is 8.65. The molecule has 5 rings (SSSR count). The molecule has 0 amide bonds. The average molecular weight is 449 g/mol. The molecule has 0 N–H and O–H groups in total. The summed E-state index contributed by atoms with van der Waals surface area (Å²) in [6.07, 6.45) is 9.85. The van der Waals surface area contributed by atoms with Crippen molar-refractivity contribution in [2.45, 2.75) is 64.9 Å². The molecule has 1 saturated carbocycles. The van der Waals surface area contributed by atoms with Crippen LogP contribution in [-0.4, -0.2) is 13.2 Å². The maximum Gasteiger partial charge on any atom is 0.120 e.